The third-order valence-electron chi connectivity index (χ3n) is 2.35. The van der Waals surface area contributed by atoms with Crippen LogP contribution in [0.25, 0.3) is 10.1 Å². The molecule has 0 aliphatic heterocycles. The molecule has 18 heavy (non-hydrogen) atoms. The van der Waals surface area contributed by atoms with Crippen molar-refractivity contribution in [3.63, 3.8) is 0 Å². The molecule has 5 nitrogen and oxygen atoms in total. The Kier molecular flexibility index (Phi) is 3.65. The van der Waals surface area contributed by atoms with Crippen molar-refractivity contribution >= 4 is 37.2 Å². The maximum absolute atomic E-state index is 12.0. The van der Waals surface area contributed by atoms with Crippen LogP contribution in [0, 0.1) is 0 Å². The molecule has 0 atom stereocenters. The van der Waals surface area contributed by atoms with Gasteiger partial charge in [-0.25, -0.2) is 8.42 Å². The van der Waals surface area contributed by atoms with E-state index < -0.39 is 15.8 Å². The van der Waals surface area contributed by atoms with E-state index in [1.165, 1.54) is 11.3 Å². The molecule has 0 unspecified atom stereocenters. The van der Waals surface area contributed by atoms with Crippen LogP contribution >= 0.6 is 11.3 Å². The van der Waals surface area contributed by atoms with Gasteiger partial charge in [0.05, 0.1) is 11.4 Å². The molecule has 0 bridgehead atoms. The summed E-state index contributed by atoms with van der Waals surface area (Å²) in [4.78, 5) is 10.6. The summed E-state index contributed by atoms with van der Waals surface area (Å²) in [6, 6.07) is 7.22. The van der Waals surface area contributed by atoms with Gasteiger partial charge < -0.3 is 5.11 Å². The zero-order chi connectivity index (χ0) is 13.2. The average molecular weight is 285 g/mol. The molecule has 7 heteroatoms. The summed E-state index contributed by atoms with van der Waals surface area (Å²) in [5, 5.41) is 13.1. The number of thiophene rings is 1. The molecule has 0 radical (unpaired) electrons. The van der Waals surface area contributed by atoms with E-state index in [2.05, 4.69) is 5.32 Å². The highest BCUT2D eigenvalue weighted by atomic mass is 32.2. The van der Waals surface area contributed by atoms with Crippen molar-refractivity contribution in [2.45, 2.75) is 4.90 Å². The van der Waals surface area contributed by atoms with Crippen LogP contribution in [0.4, 0.5) is 0 Å². The SMILES string of the molecule is O=C(O)CNCS(=O)(=O)c1csc2ccccc12. The zero-order valence-corrected chi connectivity index (χ0v) is 10.9. The van der Waals surface area contributed by atoms with E-state index in [4.69, 9.17) is 5.11 Å². The summed E-state index contributed by atoms with van der Waals surface area (Å²) in [6.45, 7) is -0.374. The molecule has 0 saturated carbocycles. The van der Waals surface area contributed by atoms with Crippen LogP contribution < -0.4 is 5.32 Å². The van der Waals surface area contributed by atoms with Crippen molar-refractivity contribution in [1.29, 1.82) is 0 Å². The number of fused-ring (bicyclic) bond motifs is 1. The van der Waals surface area contributed by atoms with E-state index in [-0.39, 0.29) is 17.3 Å². The van der Waals surface area contributed by atoms with Gasteiger partial charge in [-0.1, -0.05) is 18.2 Å². The fourth-order valence-corrected chi connectivity index (χ4v) is 4.22. The van der Waals surface area contributed by atoms with Gasteiger partial charge in [0.25, 0.3) is 0 Å². The van der Waals surface area contributed by atoms with Crippen LogP contribution in [-0.4, -0.2) is 31.9 Å². The van der Waals surface area contributed by atoms with Crippen molar-refractivity contribution in [3.8, 4) is 0 Å². The normalized spacial score (nSPS) is 11.8. The minimum absolute atomic E-state index is 0.251. The Hall–Kier alpha value is -1.44. The Balaban J connectivity index is 2.27. The number of rotatable bonds is 5. The highest BCUT2D eigenvalue weighted by molar-refractivity contribution is 7.91. The topological polar surface area (TPSA) is 83.5 Å². The fourth-order valence-electron chi connectivity index (χ4n) is 1.56. The van der Waals surface area contributed by atoms with Crippen molar-refractivity contribution in [2.24, 2.45) is 0 Å². The minimum atomic E-state index is -3.50. The second-order valence-corrected chi connectivity index (χ2v) is 6.54. The van der Waals surface area contributed by atoms with Gasteiger partial charge in [0, 0.05) is 15.5 Å². The van der Waals surface area contributed by atoms with E-state index >= 15 is 0 Å². The van der Waals surface area contributed by atoms with Crippen LogP contribution in [0.3, 0.4) is 0 Å². The lowest BCUT2D eigenvalue weighted by Gasteiger charge is -2.03. The molecule has 0 aliphatic carbocycles. The van der Waals surface area contributed by atoms with Crippen LogP contribution in [0.5, 0.6) is 0 Å². The standard InChI is InChI=1S/C11H11NO4S2/c13-11(14)5-12-7-18(15,16)10-6-17-9-4-2-1-3-8(9)10/h1-4,6,12H,5,7H2,(H,13,14). The summed E-state index contributed by atoms with van der Waals surface area (Å²) >= 11 is 1.36. The van der Waals surface area contributed by atoms with Crippen molar-refractivity contribution in [1.82, 2.24) is 5.32 Å². The number of carbonyl (C=O) groups is 1. The summed E-state index contributed by atoms with van der Waals surface area (Å²) in [6.07, 6.45) is 0. The highest BCUT2D eigenvalue weighted by Crippen LogP contribution is 2.29. The molecule has 1 heterocycles. The number of benzene rings is 1. The average Bonchev–Trinajstić information content (AvgIpc) is 2.72. The molecule has 2 rings (SSSR count). The van der Waals surface area contributed by atoms with E-state index in [0.29, 0.717) is 5.39 Å². The van der Waals surface area contributed by atoms with Crippen LogP contribution in [-0.2, 0) is 14.6 Å². The number of hydrogen-bond donors (Lipinski definition) is 2. The lowest BCUT2D eigenvalue weighted by atomic mass is 10.3. The predicted molar refractivity (Wildman–Crippen MR) is 69.5 cm³/mol. The van der Waals surface area contributed by atoms with Gasteiger partial charge in [-0.3, -0.25) is 10.1 Å². The minimum Gasteiger partial charge on any atom is -0.480 e. The lowest BCUT2D eigenvalue weighted by Crippen LogP contribution is -2.28. The molecule has 2 aromatic rings. The van der Waals surface area contributed by atoms with Gasteiger partial charge in [-0.15, -0.1) is 11.3 Å². The van der Waals surface area contributed by atoms with E-state index in [0.717, 1.165) is 4.70 Å². The maximum atomic E-state index is 12.0. The van der Waals surface area contributed by atoms with E-state index in [1.807, 2.05) is 12.1 Å². The molecular weight excluding hydrogens is 274 g/mol. The van der Waals surface area contributed by atoms with Crippen molar-refractivity contribution in [2.75, 3.05) is 12.4 Å². The largest absolute Gasteiger partial charge is 0.480 e. The predicted octanol–water partition coefficient (Wildman–Crippen LogP) is 1.31. The first-order valence-corrected chi connectivity index (χ1v) is 7.65. The summed E-state index contributed by atoms with van der Waals surface area (Å²) in [7, 11) is -3.50. The first-order valence-electron chi connectivity index (χ1n) is 5.12. The van der Waals surface area contributed by atoms with Gasteiger partial charge in [0.1, 0.15) is 5.88 Å². The van der Waals surface area contributed by atoms with E-state index in [9.17, 15) is 13.2 Å². The summed E-state index contributed by atoms with van der Waals surface area (Å²) in [5.74, 6) is -1.46. The first kappa shape index (κ1) is 13.0. The monoisotopic (exact) mass is 285 g/mol. The zero-order valence-electron chi connectivity index (χ0n) is 9.29. The number of aliphatic carboxylic acids is 1. The molecule has 96 valence electrons. The van der Waals surface area contributed by atoms with Crippen LogP contribution in [0.2, 0.25) is 0 Å². The fraction of sp³-hybridized carbons (Fsp3) is 0.182. The smallest absolute Gasteiger partial charge is 0.317 e. The van der Waals surface area contributed by atoms with Gasteiger partial charge in [-0.05, 0) is 6.07 Å². The molecule has 2 N–H and O–H groups in total. The molecule has 1 aromatic heterocycles. The number of carboxylic acid groups (broad SMARTS) is 1. The summed E-state index contributed by atoms with van der Waals surface area (Å²) < 4.78 is 25.0. The van der Waals surface area contributed by atoms with Gasteiger partial charge >= 0.3 is 5.97 Å². The van der Waals surface area contributed by atoms with Gasteiger partial charge in [-0.2, -0.15) is 0 Å². The Bertz CT molecular complexity index is 675. The molecule has 0 fully saturated rings. The van der Waals surface area contributed by atoms with E-state index in [1.54, 1.807) is 17.5 Å². The number of hydrogen-bond acceptors (Lipinski definition) is 5. The van der Waals surface area contributed by atoms with Crippen LogP contribution in [0.1, 0.15) is 0 Å². The molecule has 0 saturated heterocycles. The number of carboxylic acids is 1. The molecule has 0 spiro atoms. The van der Waals surface area contributed by atoms with Crippen LogP contribution in [0.15, 0.2) is 34.5 Å². The quantitative estimate of drug-likeness (QED) is 0.865. The van der Waals surface area contributed by atoms with Crippen molar-refractivity contribution in [3.05, 3.63) is 29.6 Å². The Morgan fingerprint density at radius 2 is 2.06 bits per heavy atom. The maximum Gasteiger partial charge on any atom is 0.317 e. The number of sulfone groups is 1. The van der Waals surface area contributed by atoms with Crippen molar-refractivity contribution < 1.29 is 18.3 Å². The van der Waals surface area contributed by atoms with Gasteiger partial charge in [0.15, 0.2) is 9.84 Å². The third-order valence-corrected chi connectivity index (χ3v) is 5.05. The number of nitrogens with one attached hydrogen (secondary N) is 1. The molecule has 1 aromatic carbocycles. The first-order chi connectivity index (χ1) is 8.50. The third kappa shape index (κ3) is 2.69. The highest BCUT2D eigenvalue weighted by Gasteiger charge is 2.18. The molecule has 0 aliphatic rings. The van der Waals surface area contributed by atoms with Gasteiger partial charge in [0.2, 0.25) is 0 Å². The second-order valence-electron chi connectivity index (χ2n) is 3.68. The molecule has 0 amide bonds. The molecular formula is C11H11NO4S2. The lowest BCUT2D eigenvalue weighted by molar-refractivity contribution is -0.135. The second kappa shape index (κ2) is 5.05. The Morgan fingerprint density at radius 1 is 1.33 bits per heavy atom. The Labute approximate surface area is 108 Å². The summed E-state index contributed by atoms with van der Waals surface area (Å²) in [5.41, 5.74) is 0. The Morgan fingerprint density at radius 3 is 2.78 bits per heavy atom.